The highest BCUT2D eigenvalue weighted by molar-refractivity contribution is 8.18. The predicted octanol–water partition coefficient (Wildman–Crippen LogP) is 6.39. The molecule has 1 saturated heterocycles. The minimum atomic E-state index is -0.0911. The minimum Gasteiger partial charge on any atom is -0.364 e. The van der Waals surface area contributed by atoms with Gasteiger partial charge in [-0.2, -0.15) is 0 Å². The molecule has 2 aliphatic heterocycles. The van der Waals surface area contributed by atoms with Gasteiger partial charge in [-0.1, -0.05) is 30.7 Å². The normalized spacial score (nSPS) is 22.9. The lowest BCUT2D eigenvalue weighted by molar-refractivity contribution is -0.115. The maximum absolute atomic E-state index is 12.5. The third kappa shape index (κ3) is 4.42. The van der Waals surface area contributed by atoms with Crippen LogP contribution < -0.4 is 10.2 Å². The van der Waals surface area contributed by atoms with Crippen molar-refractivity contribution in [2.75, 3.05) is 4.90 Å². The van der Waals surface area contributed by atoms with Gasteiger partial charge in [0.25, 0.3) is 5.91 Å². The van der Waals surface area contributed by atoms with Crippen molar-refractivity contribution in [2.24, 2.45) is 4.99 Å². The van der Waals surface area contributed by atoms with Gasteiger partial charge in [0.15, 0.2) is 5.17 Å². The van der Waals surface area contributed by atoms with Crippen LogP contribution in [0, 0.1) is 6.92 Å². The van der Waals surface area contributed by atoms with E-state index in [1.807, 2.05) is 37.3 Å². The lowest BCUT2D eigenvalue weighted by Gasteiger charge is -2.50. The summed E-state index contributed by atoms with van der Waals surface area (Å²) in [6.45, 7) is 13.5. The molecule has 0 bridgehead atoms. The van der Waals surface area contributed by atoms with Crippen LogP contribution in [0.1, 0.15) is 63.6 Å². The smallest absolute Gasteiger partial charge is 0.264 e. The first kappa shape index (κ1) is 21.7. The van der Waals surface area contributed by atoms with Crippen LogP contribution in [0.2, 0.25) is 0 Å². The van der Waals surface area contributed by atoms with E-state index in [0.717, 1.165) is 17.7 Å². The molecule has 1 fully saturated rings. The Balaban J connectivity index is 1.62. The van der Waals surface area contributed by atoms with E-state index in [2.05, 4.69) is 68.0 Å². The van der Waals surface area contributed by atoms with Gasteiger partial charge in [0.05, 0.1) is 10.6 Å². The zero-order chi connectivity index (χ0) is 22.3. The Kier molecular flexibility index (Phi) is 5.73. The summed E-state index contributed by atoms with van der Waals surface area (Å²) in [6, 6.07) is 15.0. The third-order valence-corrected chi connectivity index (χ3v) is 6.94. The Hall–Kier alpha value is -2.53. The maximum atomic E-state index is 12.5. The monoisotopic (exact) mass is 433 g/mol. The van der Waals surface area contributed by atoms with Gasteiger partial charge >= 0.3 is 0 Å². The van der Waals surface area contributed by atoms with Crippen molar-refractivity contribution in [3.8, 4) is 0 Å². The van der Waals surface area contributed by atoms with Crippen LogP contribution in [0.3, 0.4) is 0 Å². The lowest BCUT2D eigenvalue weighted by Crippen LogP contribution is -2.51. The summed E-state index contributed by atoms with van der Waals surface area (Å²) >= 11 is 1.40. The fourth-order valence-corrected chi connectivity index (χ4v) is 5.75. The number of nitrogens with one attached hydrogen (secondary N) is 1. The molecule has 2 aromatic rings. The first-order chi connectivity index (χ1) is 14.6. The number of hydrogen-bond acceptors (Lipinski definition) is 4. The first-order valence-electron chi connectivity index (χ1n) is 10.9. The molecule has 0 aliphatic carbocycles. The molecule has 0 spiro atoms. The van der Waals surface area contributed by atoms with Crippen molar-refractivity contribution in [1.29, 1.82) is 0 Å². The SMILES string of the molecule is Cc1ccc(N=C2NC(=O)/C(=C/c3ccc4c(c3)[C@H](C)CC(C)(C)N4C(C)C)S2)cc1. The summed E-state index contributed by atoms with van der Waals surface area (Å²) in [6.07, 6.45) is 3.09. The molecule has 162 valence electrons. The molecule has 1 N–H and O–H groups in total. The van der Waals surface area contributed by atoms with E-state index in [1.54, 1.807) is 0 Å². The number of rotatable bonds is 3. The van der Waals surface area contributed by atoms with Crippen LogP contribution in [0.4, 0.5) is 11.4 Å². The number of aryl methyl sites for hydroxylation is 1. The fraction of sp³-hybridized carbons (Fsp3) is 0.385. The number of hydrogen-bond donors (Lipinski definition) is 1. The van der Waals surface area contributed by atoms with E-state index in [-0.39, 0.29) is 11.4 Å². The number of anilines is 1. The summed E-state index contributed by atoms with van der Waals surface area (Å²) in [5.41, 5.74) is 5.89. The largest absolute Gasteiger partial charge is 0.364 e. The Labute approximate surface area is 189 Å². The van der Waals surface area contributed by atoms with Gasteiger partial charge in [-0.25, -0.2) is 4.99 Å². The van der Waals surface area contributed by atoms with Crippen molar-refractivity contribution in [3.05, 3.63) is 64.1 Å². The number of aliphatic imine (C=N–C) groups is 1. The zero-order valence-electron chi connectivity index (χ0n) is 19.2. The molecular weight excluding hydrogens is 402 g/mol. The molecule has 2 aliphatic rings. The van der Waals surface area contributed by atoms with Crippen molar-refractivity contribution in [1.82, 2.24) is 5.32 Å². The van der Waals surface area contributed by atoms with Crippen LogP contribution in [0.5, 0.6) is 0 Å². The highest BCUT2D eigenvalue weighted by Gasteiger charge is 2.37. The molecule has 1 amide bonds. The van der Waals surface area contributed by atoms with Gasteiger partial charge < -0.3 is 10.2 Å². The van der Waals surface area contributed by atoms with Crippen molar-refractivity contribution < 1.29 is 4.79 Å². The van der Waals surface area contributed by atoms with Crippen LogP contribution in [0.15, 0.2) is 52.4 Å². The molecule has 2 heterocycles. The number of fused-ring (bicyclic) bond motifs is 1. The van der Waals surface area contributed by atoms with Crippen LogP contribution in [0.25, 0.3) is 6.08 Å². The standard InChI is InChI=1S/C26H31N3OS/c1-16(2)29-22-12-9-19(13-21(22)18(4)15-26(29,5)6)14-23-24(30)28-25(31-23)27-20-10-7-17(3)8-11-20/h7-14,16,18H,15H2,1-6H3,(H,27,28,30)/b23-14-/t18-/m1/s1. The van der Waals surface area contributed by atoms with Gasteiger partial charge in [-0.05, 0) is 100 Å². The molecule has 4 rings (SSSR count). The summed E-state index contributed by atoms with van der Waals surface area (Å²) < 4.78 is 0. The molecular formula is C26H31N3OS. The van der Waals surface area contributed by atoms with Gasteiger partial charge in [0.1, 0.15) is 0 Å². The minimum absolute atomic E-state index is 0.0911. The third-order valence-electron chi connectivity index (χ3n) is 6.03. The number of thioether (sulfide) groups is 1. The average Bonchev–Trinajstić information content (AvgIpc) is 3.02. The van der Waals surface area contributed by atoms with Crippen LogP contribution >= 0.6 is 11.8 Å². The number of amides is 1. The Morgan fingerprint density at radius 2 is 1.90 bits per heavy atom. The number of nitrogens with zero attached hydrogens (tertiary/aromatic N) is 2. The summed E-state index contributed by atoms with van der Waals surface area (Å²) in [7, 11) is 0. The van der Waals surface area contributed by atoms with E-state index >= 15 is 0 Å². The lowest BCUT2D eigenvalue weighted by atomic mass is 9.79. The quantitative estimate of drug-likeness (QED) is 0.571. The molecule has 0 aromatic heterocycles. The van der Waals surface area contributed by atoms with E-state index in [4.69, 9.17) is 0 Å². The van der Waals surface area contributed by atoms with Gasteiger partial charge in [-0.3, -0.25) is 4.79 Å². The molecule has 0 saturated carbocycles. The highest BCUT2D eigenvalue weighted by atomic mass is 32.2. The van der Waals surface area contributed by atoms with E-state index in [1.165, 1.54) is 28.6 Å². The fourth-order valence-electron chi connectivity index (χ4n) is 4.91. The zero-order valence-corrected chi connectivity index (χ0v) is 20.0. The van der Waals surface area contributed by atoms with Gasteiger partial charge in [0.2, 0.25) is 0 Å². The van der Waals surface area contributed by atoms with Crippen molar-refractivity contribution >= 4 is 40.3 Å². The highest BCUT2D eigenvalue weighted by Crippen LogP contribution is 2.45. The molecule has 0 unspecified atom stereocenters. The molecule has 4 nitrogen and oxygen atoms in total. The van der Waals surface area contributed by atoms with Crippen LogP contribution in [-0.2, 0) is 4.79 Å². The maximum Gasteiger partial charge on any atom is 0.264 e. The second-order valence-corrected chi connectivity index (χ2v) is 10.5. The molecule has 31 heavy (non-hydrogen) atoms. The number of carbonyl (C=O) groups is 1. The van der Waals surface area contributed by atoms with Crippen molar-refractivity contribution in [3.63, 3.8) is 0 Å². The molecule has 1 atom stereocenters. The Morgan fingerprint density at radius 1 is 1.19 bits per heavy atom. The second kappa shape index (κ2) is 8.19. The Morgan fingerprint density at radius 3 is 2.58 bits per heavy atom. The summed E-state index contributed by atoms with van der Waals surface area (Å²) in [4.78, 5) is 20.3. The summed E-state index contributed by atoms with van der Waals surface area (Å²) in [5, 5.41) is 3.51. The number of benzene rings is 2. The number of amidine groups is 1. The first-order valence-corrected chi connectivity index (χ1v) is 11.8. The molecule has 2 aromatic carbocycles. The summed E-state index contributed by atoms with van der Waals surface area (Å²) in [5.74, 6) is 0.383. The topological polar surface area (TPSA) is 44.7 Å². The van der Waals surface area contributed by atoms with Crippen molar-refractivity contribution in [2.45, 2.75) is 65.5 Å². The van der Waals surface area contributed by atoms with Crippen LogP contribution in [-0.4, -0.2) is 22.7 Å². The van der Waals surface area contributed by atoms with E-state index in [9.17, 15) is 4.79 Å². The van der Waals surface area contributed by atoms with Gasteiger partial charge in [0, 0.05) is 17.3 Å². The molecule has 5 heteroatoms. The molecule has 0 radical (unpaired) electrons. The van der Waals surface area contributed by atoms with E-state index in [0.29, 0.717) is 22.0 Å². The average molecular weight is 434 g/mol. The second-order valence-electron chi connectivity index (χ2n) is 9.52. The Bertz CT molecular complexity index is 1070. The van der Waals surface area contributed by atoms with Gasteiger partial charge in [-0.15, -0.1) is 0 Å². The number of carbonyl (C=O) groups excluding carboxylic acids is 1. The van der Waals surface area contributed by atoms with E-state index < -0.39 is 0 Å². The predicted molar refractivity (Wildman–Crippen MR) is 133 cm³/mol.